The van der Waals surface area contributed by atoms with Crippen LogP contribution < -0.4 is 15.0 Å². The predicted octanol–water partition coefficient (Wildman–Crippen LogP) is 4.46. The van der Waals surface area contributed by atoms with Gasteiger partial charge >= 0.3 is 0 Å². The van der Waals surface area contributed by atoms with E-state index in [2.05, 4.69) is 15.3 Å². The molecule has 1 N–H and O–H groups in total. The van der Waals surface area contributed by atoms with Crippen molar-refractivity contribution in [2.75, 3.05) is 12.0 Å². The van der Waals surface area contributed by atoms with Gasteiger partial charge in [0.15, 0.2) is 0 Å². The van der Waals surface area contributed by atoms with Gasteiger partial charge in [-0.25, -0.2) is 9.37 Å². The van der Waals surface area contributed by atoms with E-state index in [9.17, 15) is 14.0 Å². The third-order valence-corrected chi connectivity index (χ3v) is 6.00. The Morgan fingerprint density at radius 3 is 2.35 bits per heavy atom. The molecule has 2 amide bonds. The lowest BCUT2D eigenvalue weighted by molar-refractivity contribution is -0.123. The van der Waals surface area contributed by atoms with Gasteiger partial charge in [-0.2, -0.15) is 0 Å². The van der Waals surface area contributed by atoms with Gasteiger partial charge in [-0.15, -0.1) is 0 Å². The van der Waals surface area contributed by atoms with Gasteiger partial charge < -0.3 is 10.1 Å². The molecule has 1 aromatic heterocycles. The summed E-state index contributed by atoms with van der Waals surface area (Å²) < 4.78 is 19.0. The third-order valence-electron chi connectivity index (χ3n) is 6.00. The number of benzene rings is 2. The number of hydrogen-bond acceptors (Lipinski definition) is 5. The molecule has 3 aromatic rings. The molecule has 1 fully saturated rings. The molecule has 0 unspecified atom stereocenters. The average molecular weight is 463 g/mol. The highest BCUT2D eigenvalue weighted by atomic mass is 19.1. The summed E-state index contributed by atoms with van der Waals surface area (Å²) in [5, 5.41) is 3.12. The van der Waals surface area contributed by atoms with Crippen molar-refractivity contribution < 1.29 is 18.7 Å². The Bertz CT molecular complexity index is 1100. The minimum absolute atomic E-state index is 0.0357. The molecule has 7 nitrogen and oxygen atoms in total. The van der Waals surface area contributed by atoms with Crippen molar-refractivity contribution in [3.05, 3.63) is 84.2 Å². The molecule has 1 saturated carbocycles. The minimum atomic E-state index is -1.04. The lowest BCUT2D eigenvalue weighted by atomic mass is 9.94. The molecule has 0 bridgehead atoms. The topological polar surface area (TPSA) is 84.4 Å². The van der Waals surface area contributed by atoms with E-state index >= 15 is 0 Å². The molecule has 2 aromatic carbocycles. The first kappa shape index (κ1) is 23.4. The van der Waals surface area contributed by atoms with Gasteiger partial charge in [0.2, 0.25) is 5.91 Å². The fourth-order valence-corrected chi connectivity index (χ4v) is 4.25. The molecule has 0 spiro atoms. The van der Waals surface area contributed by atoms with Crippen LogP contribution in [0.3, 0.4) is 0 Å². The van der Waals surface area contributed by atoms with Crippen LogP contribution in [0.15, 0.2) is 67.1 Å². The summed E-state index contributed by atoms with van der Waals surface area (Å²) in [6.07, 6.45) is 9.29. The molecule has 1 atom stereocenters. The molecule has 176 valence electrons. The number of nitrogens with zero attached hydrogens (tertiary/aromatic N) is 3. The van der Waals surface area contributed by atoms with Crippen LogP contribution in [-0.2, 0) is 4.79 Å². The Morgan fingerprint density at radius 1 is 1.03 bits per heavy atom. The van der Waals surface area contributed by atoms with Crippen LogP contribution >= 0.6 is 0 Å². The largest absolute Gasteiger partial charge is 0.497 e. The highest BCUT2D eigenvalue weighted by molar-refractivity contribution is 6.09. The molecular weight excluding hydrogens is 435 g/mol. The fourth-order valence-electron chi connectivity index (χ4n) is 4.25. The number of rotatable bonds is 7. The number of methoxy groups -OCH3 is 1. The van der Waals surface area contributed by atoms with E-state index in [0.29, 0.717) is 17.0 Å². The number of halogens is 1. The van der Waals surface area contributed by atoms with E-state index in [-0.39, 0.29) is 17.6 Å². The number of ether oxygens (including phenoxy) is 1. The minimum Gasteiger partial charge on any atom is -0.497 e. The number of carbonyl (C=O) groups excluding carboxylic acids is 2. The van der Waals surface area contributed by atoms with E-state index in [1.165, 1.54) is 47.8 Å². The van der Waals surface area contributed by atoms with Gasteiger partial charge in [0.1, 0.15) is 23.3 Å². The normalized spacial score (nSPS) is 14.8. The zero-order valence-electron chi connectivity index (χ0n) is 19.0. The SMILES string of the molecule is COc1ccc(N(C(=O)c2cnccn2)[C@H](C(=O)NC2CCCCC2)c2ccc(F)cc2)cc1. The highest BCUT2D eigenvalue weighted by Crippen LogP contribution is 2.31. The van der Waals surface area contributed by atoms with Crippen LogP contribution in [0, 0.1) is 5.82 Å². The maximum atomic E-state index is 13.7. The Labute approximate surface area is 198 Å². The highest BCUT2D eigenvalue weighted by Gasteiger charge is 2.35. The Hall–Kier alpha value is -3.81. The van der Waals surface area contributed by atoms with Gasteiger partial charge in [0.25, 0.3) is 5.91 Å². The Kier molecular flexibility index (Phi) is 7.47. The molecule has 1 aliphatic carbocycles. The molecule has 4 rings (SSSR count). The van der Waals surface area contributed by atoms with Crippen LogP contribution in [0.5, 0.6) is 5.75 Å². The number of hydrogen-bond donors (Lipinski definition) is 1. The zero-order chi connectivity index (χ0) is 23.9. The monoisotopic (exact) mass is 462 g/mol. The van der Waals surface area contributed by atoms with Crippen LogP contribution in [0.25, 0.3) is 0 Å². The van der Waals surface area contributed by atoms with Crippen molar-refractivity contribution in [3.8, 4) is 5.75 Å². The van der Waals surface area contributed by atoms with Crippen molar-refractivity contribution in [1.82, 2.24) is 15.3 Å². The number of amides is 2. The number of carbonyl (C=O) groups is 2. The summed E-state index contributed by atoms with van der Waals surface area (Å²) in [7, 11) is 1.55. The van der Waals surface area contributed by atoms with Gasteiger partial charge in [-0.05, 0) is 54.8 Å². The van der Waals surface area contributed by atoms with Crippen molar-refractivity contribution in [3.63, 3.8) is 0 Å². The second-order valence-corrected chi connectivity index (χ2v) is 8.26. The number of anilines is 1. The predicted molar refractivity (Wildman–Crippen MR) is 126 cm³/mol. The number of nitrogens with one attached hydrogen (secondary N) is 1. The van der Waals surface area contributed by atoms with E-state index in [0.717, 1.165) is 32.1 Å². The maximum Gasteiger partial charge on any atom is 0.279 e. The van der Waals surface area contributed by atoms with E-state index < -0.39 is 17.8 Å². The molecular formula is C26H27FN4O3. The summed E-state index contributed by atoms with van der Waals surface area (Å²) >= 11 is 0. The van der Waals surface area contributed by atoms with Gasteiger partial charge in [0, 0.05) is 24.1 Å². The van der Waals surface area contributed by atoms with E-state index in [4.69, 9.17) is 4.74 Å². The van der Waals surface area contributed by atoms with Gasteiger partial charge in [0.05, 0.1) is 13.3 Å². The van der Waals surface area contributed by atoms with Crippen molar-refractivity contribution in [2.24, 2.45) is 0 Å². The van der Waals surface area contributed by atoms with Crippen molar-refractivity contribution in [2.45, 2.75) is 44.2 Å². The average Bonchev–Trinajstić information content (AvgIpc) is 2.89. The summed E-state index contributed by atoms with van der Waals surface area (Å²) in [5.74, 6) is -0.634. The standard InChI is InChI=1S/C26H27FN4O3/c1-34-22-13-11-21(12-14-22)31(26(33)23-17-28-15-16-29-23)24(18-7-9-19(27)10-8-18)25(32)30-20-5-3-2-4-6-20/h7-17,20,24H,2-6H2,1H3,(H,30,32)/t24-/m0/s1. The van der Waals surface area contributed by atoms with E-state index in [1.54, 1.807) is 31.4 Å². The van der Waals surface area contributed by atoms with Crippen LogP contribution in [0.2, 0.25) is 0 Å². The van der Waals surface area contributed by atoms with Gasteiger partial charge in [-0.3, -0.25) is 19.5 Å². The zero-order valence-corrected chi connectivity index (χ0v) is 19.0. The first-order valence-corrected chi connectivity index (χ1v) is 11.4. The van der Waals surface area contributed by atoms with Crippen LogP contribution in [-0.4, -0.2) is 34.9 Å². The Morgan fingerprint density at radius 2 is 1.74 bits per heavy atom. The first-order valence-electron chi connectivity index (χ1n) is 11.4. The summed E-state index contributed by atoms with van der Waals surface area (Å²) in [5.41, 5.74) is 1.06. The third kappa shape index (κ3) is 5.39. The van der Waals surface area contributed by atoms with Crippen LogP contribution in [0.1, 0.15) is 54.2 Å². The summed E-state index contributed by atoms with van der Waals surface area (Å²) in [6.45, 7) is 0. The molecule has 34 heavy (non-hydrogen) atoms. The second kappa shape index (κ2) is 10.9. The molecule has 0 aliphatic heterocycles. The molecule has 0 radical (unpaired) electrons. The van der Waals surface area contributed by atoms with Gasteiger partial charge in [-0.1, -0.05) is 31.4 Å². The molecule has 0 saturated heterocycles. The smallest absolute Gasteiger partial charge is 0.279 e. The first-order chi connectivity index (χ1) is 16.6. The molecule has 8 heteroatoms. The molecule has 1 heterocycles. The van der Waals surface area contributed by atoms with Crippen molar-refractivity contribution in [1.29, 1.82) is 0 Å². The Balaban J connectivity index is 1.79. The lowest BCUT2D eigenvalue weighted by Gasteiger charge is -2.33. The summed E-state index contributed by atoms with van der Waals surface area (Å²) in [6, 6.07) is 11.5. The van der Waals surface area contributed by atoms with Crippen molar-refractivity contribution >= 4 is 17.5 Å². The summed E-state index contributed by atoms with van der Waals surface area (Å²) in [4.78, 5) is 37.0. The molecule has 1 aliphatic rings. The van der Waals surface area contributed by atoms with Crippen LogP contribution in [0.4, 0.5) is 10.1 Å². The fraction of sp³-hybridized carbons (Fsp3) is 0.308. The number of aromatic nitrogens is 2. The maximum absolute atomic E-state index is 13.7. The lowest BCUT2D eigenvalue weighted by Crippen LogP contribution is -2.47. The second-order valence-electron chi connectivity index (χ2n) is 8.26. The quantitative estimate of drug-likeness (QED) is 0.560. The van der Waals surface area contributed by atoms with E-state index in [1.807, 2.05) is 0 Å².